The third-order valence-electron chi connectivity index (χ3n) is 5.17. The molecule has 4 rings (SSSR count). The second kappa shape index (κ2) is 8.82. The van der Waals surface area contributed by atoms with Crippen molar-refractivity contribution in [3.8, 4) is 11.3 Å². The summed E-state index contributed by atoms with van der Waals surface area (Å²) in [6.45, 7) is 3.06. The summed E-state index contributed by atoms with van der Waals surface area (Å²) in [5, 5.41) is 13.4. The van der Waals surface area contributed by atoms with Gasteiger partial charge in [-0.25, -0.2) is 0 Å². The van der Waals surface area contributed by atoms with Crippen LogP contribution < -0.4 is 15.5 Å². The molecule has 7 nitrogen and oxygen atoms in total. The van der Waals surface area contributed by atoms with Gasteiger partial charge in [0.15, 0.2) is 5.82 Å². The molecule has 1 aromatic heterocycles. The molecule has 1 saturated heterocycles. The fourth-order valence-electron chi connectivity index (χ4n) is 3.75. The maximum absolute atomic E-state index is 12.7. The Kier molecular flexibility index (Phi) is 5.79. The summed E-state index contributed by atoms with van der Waals surface area (Å²) in [5.41, 5.74) is 3.22. The topological polar surface area (TPSA) is 90.1 Å². The number of rotatable bonds is 5. The Balaban J connectivity index is 1.40. The van der Waals surface area contributed by atoms with Crippen LogP contribution in [-0.4, -0.2) is 41.1 Å². The molecule has 2 aromatic carbocycles. The first-order valence-corrected chi connectivity index (χ1v) is 10.1. The first kappa shape index (κ1) is 19.7. The first-order chi connectivity index (χ1) is 14.6. The Morgan fingerprint density at radius 1 is 1.10 bits per heavy atom. The van der Waals surface area contributed by atoms with E-state index >= 15 is 0 Å². The van der Waals surface area contributed by atoms with Crippen molar-refractivity contribution in [2.45, 2.75) is 25.8 Å². The molecule has 1 aliphatic heterocycles. The molecule has 3 aromatic rings. The van der Waals surface area contributed by atoms with Gasteiger partial charge in [0.1, 0.15) is 0 Å². The number of nitrogens with zero attached hydrogens (tertiary/aromatic N) is 2. The highest BCUT2D eigenvalue weighted by Crippen LogP contribution is 2.24. The van der Waals surface area contributed by atoms with E-state index in [0.29, 0.717) is 17.8 Å². The molecule has 1 aliphatic rings. The summed E-state index contributed by atoms with van der Waals surface area (Å²) in [5.74, 6) is 0.589. The smallest absolute Gasteiger partial charge is 0.251 e. The van der Waals surface area contributed by atoms with E-state index in [1.165, 1.54) is 6.92 Å². The fourth-order valence-corrected chi connectivity index (χ4v) is 3.75. The lowest BCUT2D eigenvalue weighted by atomic mass is 10.0. The molecule has 0 aliphatic carbocycles. The normalized spacial score (nSPS) is 16.2. The average Bonchev–Trinajstić information content (AvgIpc) is 3.25. The Morgan fingerprint density at radius 2 is 1.93 bits per heavy atom. The summed E-state index contributed by atoms with van der Waals surface area (Å²) in [6, 6.07) is 19.2. The van der Waals surface area contributed by atoms with Crippen LogP contribution in [0.4, 0.5) is 11.5 Å². The summed E-state index contributed by atoms with van der Waals surface area (Å²) >= 11 is 0. The first-order valence-electron chi connectivity index (χ1n) is 10.1. The molecule has 0 unspecified atom stereocenters. The molecule has 2 heterocycles. The van der Waals surface area contributed by atoms with Crippen LogP contribution in [0, 0.1) is 0 Å². The van der Waals surface area contributed by atoms with Gasteiger partial charge in [-0.3, -0.25) is 14.7 Å². The van der Waals surface area contributed by atoms with Crippen LogP contribution in [0.3, 0.4) is 0 Å². The van der Waals surface area contributed by atoms with Crippen molar-refractivity contribution in [2.75, 3.05) is 23.3 Å². The third-order valence-corrected chi connectivity index (χ3v) is 5.17. The molecule has 3 N–H and O–H groups in total. The number of aromatic nitrogens is 2. The zero-order valence-electron chi connectivity index (χ0n) is 16.9. The van der Waals surface area contributed by atoms with Gasteiger partial charge in [0.05, 0.1) is 5.69 Å². The highest BCUT2D eigenvalue weighted by molar-refractivity contribution is 5.97. The molecule has 0 spiro atoms. The lowest BCUT2D eigenvalue weighted by Crippen LogP contribution is -2.48. The van der Waals surface area contributed by atoms with E-state index in [-0.39, 0.29) is 17.9 Å². The van der Waals surface area contributed by atoms with Gasteiger partial charge in [-0.05, 0) is 36.6 Å². The largest absolute Gasteiger partial charge is 0.353 e. The van der Waals surface area contributed by atoms with E-state index in [2.05, 4.69) is 31.8 Å². The molecule has 30 heavy (non-hydrogen) atoms. The van der Waals surface area contributed by atoms with Gasteiger partial charge in [-0.1, -0.05) is 36.4 Å². The highest BCUT2D eigenvalue weighted by Gasteiger charge is 2.23. The van der Waals surface area contributed by atoms with E-state index in [0.717, 1.165) is 36.5 Å². The van der Waals surface area contributed by atoms with E-state index in [4.69, 9.17) is 0 Å². The fraction of sp³-hybridized carbons (Fsp3) is 0.261. The number of piperidine rings is 1. The minimum Gasteiger partial charge on any atom is -0.353 e. The summed E-state index contributed by atoms with van der Waals surface area (Å²) in [6.07, 6.45) is 1.90. The number of hydrogen-bond acceptors (Lipinski definition) is 4. The monoisotopic (exact) mass is 403 g/mol. The SMILES string of the molecule is CC(=O)Nc1cccc(C(=O)N[C@H]2CCCN(c3cc(-c4ccccc4)[nH]n3)C2)c1. The van der Waals surface area contributed by atoms with Gasteiger partial charge in [0, 0.05) is 43.4 Å². The van der Waals surface area contributed by atoms with Crippen molar-refractivity contribution in [1.29, 1.82) is 0 Å². The number of nitrogens with one attached hydrogen (secondary N) is 3. The second-order valence-electron chi connectivity index (χ2n) is 7.53. The third kappa shape index (κ3) is 4.68. The summed E-state index contributed by atoms with van der Waals surface area (Å²) < 4.78 is 0. The Labute approximate surface area is 175 Å². The Bertz CT molecular complexity index is 1030. The molecule has 7 heteroatoms. The summed E-state index contributed by atoms with van der Waals surface area (Å²) in [7, 11) is 0. The number of amides is 2. The van der Waals surface area contributed by atoms with Crippen LogP contribution in [0.1, 0.15) is 30.1 Å². The van der Waals surface area contributed by atoms with Crippen LogP contribution in [0.15, 0.2) is 60.7 Å². The number of H-pyrrole nitrogens is 1. The number of anilines is 2. The van der Waals surface area contributed by atoms with E-state index < -0.39 is 0 Å². The minimum atomic E-state index is -0.163. The highest BCUT2D eigenvalue weighted by atomic mass is 16.2. The number of carbonyl (C=O) groups is 2. The van der Waals surface area contributed by atoms with Gasteiger partial charge >= 0.3 is 0 Å². The maximum Gasteiger partial charge on any atom is 0.251 e. The standard InChI is InChI=1S/C23H25N5O2/c1-16(29)24-19-10-5-9-18(13-19)23(30)25-20-11-6-12-28(15-20)22-14-21(26-27-22)17-7-3-2-4-8-17/h2-5,7-10,13-14,20H,6,11-12,15H2,1H3,(H,24,29)(H,25,30)(H,26,27)/t20-/m0/s1. The van der Waals surface area contributed by atoms with Gasteiger partial charge in [0.25, 0.3) is 5.91 Å². The summed E-state index contributed by atoms with van der Waals surface area (Å²) in [4.78, 5) is 26.2. The van der Waals surface area contributed by atoms with Crippen LogP contribution in [0.25, 0.3) is 11.3 Å². The van der Waals surface area contributed by atoms with Crippen molar-refractivity contribution < 1.29 is 9.59 Å². The predicted molar refractivity (Wildman–Crippen MR) is 117 cm³/mol. The molecular weight excluding hydrogens is 378 g/mol. The second-order valence-corrected chi connectivity index (χ2v) is 7.53. The predicted octanol–water partition coefficient (Wildman–Crippen LogP) is 3.43. The number of aromatic amines is 1. The average molecular weight is 403 g/mol. The lowest BCUT2D eigenvalue weighted by molar-refractivity contribution is -0.114. The van der Waals surface area contributed by atoms with Crippen molar-refractivity contribution in [3.63, 3.8) is 0 Å². The quantitative estimate of drug-likeness (QED) is 0.609. The van der Waals surface area contributed by atoms with Crippen LogP contribution in [0.5, 0.6) is 0 Å². The lowest BCUT2D eigenvalue weighted by Gasteiger charge is -2.33. The Morgan fingerprint density at radius 3 is 2.73 bits per heavy atom. The molecule has 0 bridgehead atoms. The molecule has 154 valence electrons. The van der Waals surface area contributed by atoms with E-state index in [9.17, 15) is 9.59 Å². The van der Waals surface area contributed by atoms with Crippen LogP contribution in [-0.2, 0) is 4.79 Å². The number of benzene rings is 2. The van der Waals surface area contributed by atoms with E-state index in [1.54, 1.807) is 24.3 Å². The van der Waals surface area contributed by atoms with Crippen LogP contribution >= 0.6 is 0 Å². The van der Waals surface area contributed by atoms with Crippen molar-refractivity contribution in [3.05, 3.63) is 66.2 Å². The minimum absolute atomic E-state index is 0.0348. The van der Waals surface area contributed by atoms with Gasteiger partial charge in [0.2, 0.25) is 5.91 Å². The molecule has 1 fully saturated rings. The Hall–Kier alpha value is -3.61. The molecule has 1 atom stereocenters. The van der Waals surface area contributed by atoms with Gasteiger partial charge in [-0.2, -0.15) is 5.10 Å². The number of carbonyl (C=O) groups excluding carboxylic acids is 2. The molecule has 0 saturated carbocycles. The number of hydrogen-bond donors (Lipinski definition) is 3. The van der Waals surface area contributed by atoms with E-state index in [1.807, 2.05) is 30.3 Å². The molecule has 2 amide bonds. The zero-order chi connectivity index (χ0) is 20.9. The molecule has 0 radical (unpaired) electrons. The van der Waals surface area contributed by atoms with Crippen molar-refractivity contribution in [2.24, 2.45) is 0 Å². The van der Waals surface area contributed by atoms with Crippen LogP contribution in [0.2, 0.25) is 0 Å². The zero-order valence-corrected chi connectivity index (χ0v) is 16.9. The molecular formula is C23H25N5O2. The van der Waals surface area contributed by atoms with Crippen molar-refractivity contribution in [1.82, 2.24) is 15.5 Å². The van der Waals surface area contributed by atoms with Gasteiger partial charge < -0.3 is 15.5 Å². The van der Waals surface area contributed by atoms with Crippen molar-refractivity contribution >= 4 is 23.3 Å². The maximum atomic E-state index is 12.7. The van der Waals surface area contributed by atoms with Gasteiger partial charge in [-0.15, -0.1) is 0 Å².